The van der Waals surface area contributed by atoms with E-state index in [2.05, 4.69) is 43.9 Å². The first-order valence-electron chi connectivity index (χ1n) is 9.59. The van der Waals surface area contributed by atoms with Crippen molar-refractivity contribution in [3.8, 4) is 11.4 Å². The predicted octanol–water partition coefficient (Wildman–Crippen LogP) is 3.62. The number of aliphatic imine (C=N–C) groups is 1. The normalized spacial score (nSPS) is 11.3. The van der Waals surface area contributed by atoms with Crippen molar-refractivity contribution in [3.05, 3.63) is 52.6 Å². The fraction of sp³-hybridized carbons (Fsp3) is 0.400. The van der Waals surface area contributed by atoms with E-state index in [1.165, 1.54) is 5.69 Å². The van der Waals surface area contributed by atoms with Crippen LogP contribution in [0.15, 0.2) is 39.8 Å². The van der Waals surface area contributed by atoms with Crippen molar-refractivity contribution in [1.29, 1.82) is 0 Å². The summed E-state index contributed by atoms with van der Waals surface area (Å²) < 4.78 is 7.35. The fourth-order valence-corrected chi connectivity index (χ4v) is 3.14. The highest BCUT2D eigenvalue weighted by atomic mass is 127. The molecule has 8 nitrogen and oxygen atoms in total. The molecule has 0 atom stereocenters. The van der Waals surface area contributed by atoms with E-state index in [0.29, 0.717) is 29.7 Å². The molecule has 0 amide bonds. The molecule has 0 saturated heterocycles. The number of nitrogens with zero attached hydrogens (tertiary/aromatic N) is 5. The molecule has 3 aromatic rings. The van der Waals surface area contributed by atoms with Crippen LogP contribution in [-0.2, 0) is 13.0 Å². The Morgan fingerprint density at radius 3 is 2.70 bits per heavy atom. The van der Waals surface area contributed by atoms with Crippen LogP contribution in [0, 0.1) is 13.8 Å². The summed E-state index contributed by atoms with van der Waals surface area (Å²) in [6.07, 6.45) is 1.55. The molecule has 0 fully saturated rings. The van der Waals surface area contributed by atoms with E-state index in [1.54, 1.807) is 7.05 Å². The second kappa shape index (κ2) is 11.9. The van der Waals surface area contributed by atoms with Gasteiger partial charge in [0.05, 0.1) is 5.69 Å². The highest BCUT2D eigenvalue weighted by Crippen LogP contribution is 2.19. The number of benzene rings is 1. The molecular weight excluding hydrogens is 517 g/mol. The maximum Gasteiger partial charge on any atom is 0.228 e. The van der Waals surface area contributed by atoms with Crippen molar-refractivity contribution in [2.45, 2.75) is 33.2 Å². The molecule has 2 heterocycles. The van der Waals surface area contributed by atoms with Crippen molar-refractivity contribution >= 4 is 41.5 Å². The van der Waals surface area contributed by atoms with Crippen molar-refractivity contribution in [3.63, 3.8) is 0 Å². The van der Waals surface area contributed by atoms with Gasteiger partial charge in [-0.05, 0) is 38.5 Å². The van der Waals surface area contributed by atoms with Crippen LogP contribution in [0.4, 0.5) is 0 Å². The SMILES string of the molecule is CN=C(NCCCn1nc(C)cc1C)NCCc1nc(-c2cccc(Cl)c2)no1.I. The van der Waals surface area contributed by atoms with Gasteiger partial charge in [0.25, 0.3) is 0 Å². The van der Waals surface area contributed by atoms with E-state index in [0.717, 1.165) is 36.7 Å². The quantitative estimate of drug-likeness (QED) is 0.195. The zero-order valence-electron chi connectivity index (χ0n) is 17.4. The van der Waals surface area contributed by atoms with Crippen LogP contribution >= 0.6 is 35.6 Å². The Balaban J connectivity index is 0.00000320. The standard InChI is InChI=1S/C20H26ClN7O.HI/c1-14-12-15(2)28(26-14)11-5-9-23-20(22-3)24-10-8-18-25-19(27-29-18)16-6-4-7-17(21)13-16;/h4,6-7,12-13H,5,8-11H2,1-3H3,(H2,22,23,24);1H. The molecule has 2 aromatic heterocycles. The van der Waals surface area contributed by atoms with Gasteiger partial charge in [-0.2, -0.15) is 10.1 Å². The third-order valence-corrected chi connectivity index (χ3v) is 4.58. The summed E-state index contributed by atoms with van der Waals surface area (Å²) in [6.45, 7) is 6.39. The number of hydrogen-bond acceptors (Lipinski definition) is 5. The number of hydrogen-bond donors (Lipinski definition) is 2. The average Bonchev–Trinajstić information content (AvgIpc) is 3.29. The number of nitrogens with one attached hydrogen (secondary N) is 2. The first-order valence-corrected chi connectivity index (χ1v) is 9.97. The van der Waals surface area contributed by atoms with E-state index < -0.39 is 0 Å². The largest absolute Gasteiger partial charge is 0.356 e. The predicted molar refractivity (Wildman–Crippen MR) is 130 cm³/mol. The van der Waals surface area contributed by atoms with Crippen molar-refractivity contribution in [1.82, 2.24) is 30.6 Å². The summed E-state index contributed by atoms with van der Waals surface area (Å²) in [6, 6.07) is 9.47. The molecule has 0 radical (unpaired) electrons. The number of halogens is 2. The van der Waals surface area contributed by atoms with Gasteiger partial charge in [-0.25, -0.2) is 0 Å². The van der Waals surface area contributed by atoms with Crippen LogP contribution in [0.3, 0.4) is 0 Å². The molecule has 0 unspecified atom stereocenters. The molecule has 30 heavy (non-hydrogen) atoms. The monoisotopic (exact) mass is 543 g/mol. The van der Waals surface area contributed by atoms with Crippen molar-refractivity contribution in [2.24, 2.45) is 4.99 Å². The van der Waals surface area contributed by atoms with E-state index in [1.807, 2.05) is 35.9 Å². The zero-order valence-corrected chi connectivity index (χ0v) is 20.4. The van der Waals surface area contributed by atoms with Gasteiger partial charge in [0, 0.05) is 49.4 Å². The molecule has 0 saturated carbocycles. The molecule has 0 aliphatic rings. The van der Waals surface area contributed by atoms with Gasteiger partial charge in [-0.1, -0.05) is 28.9 Å². The Morgan fingerprint density at radius 2 is 2.00 bits per heavy atom. The highest BCUT2D eigenvalue weighted by Gasteiger charge is 2.09. The smallest absolute Gasteiger partial charge is 0.228 e. The minimum absolute atomic E-state index is 0. The minimum Gasteiger partial charge on any atom is -0.356 e. The maximum absolute atomic E-state index is 6.01. The number of aromatic nitrogens is 4. The summed E-state index contributed by atoms with van der Waals surface area (Å²) in [7, 11) is 1.75. The third kappa shape index (κ3) is 6.98. The Labute approximate surface area is 198 Å². The number of rotatable bonds is 8. The minimum atomic E-state index is 0. The molecule has 0 aliphatic carbocycles. The van der Waals surface area contributed by atoms with Crippen LogP contribution in [0.1, 0.15) is 23.7 Å². The average molecular weight is 544 g/mol. The lowest BCUT2D eigenvalue weighted by molar-refractivity contribution is 0.378. The first-order chi connectivity index (χ1) is 14.0. The Hall–Kier alpha value is -2.14. The second-order valence-corrected chi connectivity index (χ2v) is 7.14. The Kier molecular flexibility index (Phi) is 9.57. The van der Waals surface area contributed by atoms with Crippen molar-refractivity contribution < 1.29 is 4.52 Å². The molecule has 2 N–H and O–H groups in total. The lowest BCUT2D eigenvalue weighted by atomic mass is 10.2. The Morgan fingerprint density at radius 1 is 1.20 bits per heavy atom. The maximum atomic E-state index is 6.01. The first kappa shape index (κ1) is 24.1. The van der Waals surface area contributed by atoms with Crippen LogP contribution in [0.25, 0.3) is 11.4 Å². The molecule has 0 spiro atoms. The number of guanidine groups is 1. The van der Waals surface area contributed by atoms with Gasteiger partial charge in [-0.3, -0.25) is 9.67 Å². The van der Waals surface area contributed by atoms with Crippen LogP contribution in [-0.4, -0.2) is 46.0 Å². The lowest BCUT2D eigenvalue weighted by Gasteiger charge is -2.11. The summed E-state index contributed by atoms with van der Waals surface area (Å²) in [5.41, 5.74) is 3.06. The van der Waals surface area contributed by atoms with Crippen molar-refractivity contribution in [2.75, 3.05) is 20.1 Å². The molecule has 0 bridgehead atoms. The molecule has 0 aliphatic heterocycles. The van der Waals surface area contributed by atoms with Gasteiger partial charge >= 0.3 is 0 Å². The molecule has 3 rings (SSSR count). The highest BCUT2D eigenvalue weighted by molar-refractivity contribution is 14.0. The van der Waals surface area contributed by atoms with E-state index in [4.69, 9.17) is 16.1 Å². The van der Waals surface area contributed by atoms with Gasteiger partial charge in [0.2, 0.25) is 11.7 Å². The van der Waals surface area contributed by atoms with Crippen LogP contribution in [0.2, 0.25) is 5.02 Å². The third-order valence-electron chi connectivity index (χ3n) is 4.35. The summed E-state index contributed by atoms with van der Waals surface area (Å²) in [5.74, 6) is 1.84. The number of aryl methyl sites for hydroxylation is 3. The zero-order chi connectivity index (χ0) is 20.6. The molecule has 162 valence electrons. The van der Waals surface area contributed by atoms with Crippen LogP contribution < -0.4 is 10.6 Å². The van der Waals surface area contributed by atoms with E-state index in [9.17, 15) is 0 Å². The topological polar surface area (TPSA) is 93.2 Å². The lowest BCUT2D eigenvalue weighted by Crippen LogP contribution is -2.39. The summed E-state index contributed by atoms with van der Waals surface area (Å²) in [5, 5.41) is 15.7. The molecule has 1 aromatic carbocycles. The van der Waals surface area contributed by atoms with Gasteiger partial charge < -0.3 is 15.2 Å². The second-order valence-electron chi connectivity index (χ2n) is 6.70. The molecular formula is C20H27ClIN7O. The van der Waals surface area contributed by atoms with Gasteiger partial charge in [0.15, 0.2) is 5.96 Å². The van der Waals surface area contributed by atoms with E-state index in [-0.39, 0.29) is 24.0 Å². The van der Waals surface area contributed by atoms with Gasteiger partial charge in [0.1, 0.15) is 0 Å². The summed E-state index contributed by atoms with van der Waals surface area (Å²) >= 11 is 6.01. The van der Waals surface area contributed by atoms with E-state index >= 15 is 0 Å². The summed E-state index contributed by atoms with van der Waals surface area (Å²) in [4.78, 5) is 8.66. The molecule has 10 heteroatoms. The Bertz CT molecular complexity index is 970. The van der Waals surface area contributed by atoms with Crippen LogP contribution in [0.5, 0.6) is 0 Å². The van der Waals surface area contributed by atoms with Gasteiger partial charge in [-0.15, -0.1) is 24.0 Å². The fourth-order valence-electron chi connectivity index (χ4n) is 2.95.